The summed E-state index contributed by atoms with van der Waals surface area (Å²) < 4.78 is 5.64. The van der Waals surface area contributed by atoms with Gasteiger partial charge in [-0.2, -0.15) is 0 Å². The van der Waals surface area contributed by atoms with Gasteiger partial charge in [-0.05, 0) is 60.8 Å². The van der Waals surface area contributed by atoms with Crippen molar-refractivity contribution in [2.24, 2.45) is 5.92 Å². The van der Waals surface area contributed by atoms with E-state index in [0.29, 0.717) is 32.2 Å². The molecule has 2 amide bonds. The average molecular weight is 463 g/mol. The van der Waals surface area contributed by atoms with Gasteiger partial charge in [-0.25, -0.2) is 9.59 Å². The number of aliphatic carboxylic acids is 1. The summed E-state index contributed by atoms with van der Waals surface area (Å²) in [6, 6.07) is 15.5. The number of amides is 2. The SMILES string of the molecule is O=C(NC1CCC(C(=O)N2CCCC[C@@H]2C(=O)O)C1)OCC1c2ccccc2-c2ccccc21. The fraction of sp³-hybridized carbons (Fsp3) is 0.444. The molecule has 3 aliphatic rings. The molecule has 178 valence electrons. The number of carboxylic acids is 1. The summed E-state index contributed by atoms with van der Waals surface area (Å²) >= 11 is 0. The molecule has 0 radical (unpaired) electrons. The number of alkyl carbamates (subject to hydrolysis) is 1. The van der Waals surface area contributed by atoms with Crippen LogP contribution in [0.1, 0.15) is 55.6 Å². The molecule has 3 atom stereocenters. The van der Waals surface area contributed by atoms with Crippen LogP contribution in [-0.2, 0) is 14.3 Å². The van der Waals surface area contributed by atoms with E-state index in [1.807, 2.05) is 24.3 Å². The molecule has 1 saturated carbocycles. The lowest BCUT2D eigenvalue weighted by Crippen LogP contribution is -2.50. The minimum Gasteiger partial charge on any atom is -0.480 e. The highest BCUT2D eigenvalue weighted by Crippen LogP contribution is 2.44. The van der Waals surface area contributed by atoms with Gasteiger partial charge in [0.2, 0.25) is 5.91 Å². The Morgan fingerprint density at radius 1 is 0.941 bits per heavy atom. The largest absolute Gasteiger partial charge is 0.480 e. The summed E-state index contributed by atoms with van der Waals surface area (Å²) in [4.78, 5) is 38.7. The van der Waals surface area contributed by atoms with Crippen molar-refractivity contribution in [1.82, 2.24) is 10.2 Å². The van der Waals surface area contributed by atoms with E-state index in [2.05, 4.69) is 29.6 Å². The summed E-state index contributed by atoms with van der Waals surface area (Å²) in [5.74, 6) is -1.27. The van der Waals surface area contributed by atoms with Gasteiger partial charge < -0.3 is 20.1 Å². The molecule has 5 rings (SSSR count). The molecule has 2 aromatic carbocycles. The minimum atomic E-state index is -0.931. The molecule has 2 aromatic rings. The Balaban J connectivity index is 1.16. The molecule has 2 N–H and O–H groups in total. The summed E-state index contributed by atoms with van der Waals surface area (Å²) in [5.41, 5.74) is 4.69. The third-order valence-electron chi connectivity index (χ3n) is 7.52. The second kappa shape index (κ2) is 9.49. The van der Waals surface area contributed by atoms with E-state index in [4.69, 9.17) is 4.74 Å². The second-order valence-corrected chi connectivity index (χ2v) is 9.56. The molecular weight excluding hydrogens is 432 g/mol. The molecule has 1 heterocycles. The first-order valence-electron chi connectivity index (χ1n) is 12.2. The van der Waals surface area contributed by atoms with E-state index in [1.54, 1.807) is 0 Å². The number of carbonyl (C=O) groups is 3. The van der Waals surface area contributed by atoms with Crippen LogP contribution < -0.4 is 5.32 Å². The molecule has 34 heavy (non-hydrogen) atoms. The van der Waals surface area contributed by atoms with E-state index in [0.717, 1.165) is 24.0 Å². The molecule has 1 saturated heterocycles. The van der Waals surface area contributed by atoms with Gasteiger partial charge >= 0.3 is 12.1 Å². The van der Waals surface area contributed by atoms with Gasteiger partial charge in [-0.3, -0.25) is 4.79 Å². The topological polar surface area (TPSA) is 95.9 Å². The number of carboxylic acid groups (broad SMARTS) is 1. The highest BCUT2D eigenvalue weighted by atomic mass is 16.5. The Hall–Kier alpha value is -3.35. The van der Waals surface area contributed by atoms with Gasteiger partial charge in [-0.15, -0.1) is 0 Å². The zero-order valence-corrected chi connectivity index (χ0v) is 19.1. The molecule has 7 nitrogen and oxygen atoms in total. The molecule has 0 bridgehead atoms. The Labute approximate surface area is 199 Å². The third-order valence-corrected chi connectivity index (χ3v) is 7.52. The Morgan fingerprint density at radius 2 is 1.62 bits per heavy atom. The smallest absolute Gasteiger partial charge is 0.407 e. The first kappa shape index (κ1) is 22.4. The number of fused-ring (bicyclic) bond motifs is 3. The van der Waals surface area contributed by atoms with E-state index < -0.39 is 18.1 Å². The first-order valence-corrected chi connectivity index (χ1v) is 12.2. The highest BCUT2D eigenvalue weighted by Gasteiger charge is 2.39. The van der Waals surface area contributed by atoms with Gasteiger partial charge in [-0.1, -0.05) is 48.5 Å². The number of hydrogen-bond acceptors (Lipinski definition) is 4. The monoisotopic (exact) mass is 462 g/mol. The van der Waals surface area contributed by atoms with Gasteiger partial charge in [0.25, 0.3) is 0 Å². The van der Waals surface area contributed by atoms with E-state index >= 15 is 0 Å². The predicted octanol–water partition coefficient (Wildman–Crippen LogP) is 4.16. The quantitative estimate of drug-likeness (QED) is 0.696. The molecule has 0 aromatic heterocycles. The van der Waals surface area contributed by atoms with Crippen LogP contribution in [0.4, 0.5) is 4.79 Å². The van der Waals surface area contributed by atoms with Crippen LogP contribution in [0.15, 0.2) is 48.5 Å². The van der Waals surface area contributed by atoms with Crippen LogP contribution >= 0.6 is 0 Å². The number of nitrogens with one attached hydrogen (secondary N) is 1. The van der Waals surface area contributed by atoms with Crippen LogP contribution in [0.5, 0.6) is 0 Å². The number of likely N-dealkylation sites (tertiary alicyclic amines) is 1. The zero-order chi connectivity index (χ0) is 23.7. The van der Waals surface area contributed by atoms with Crippen molar-refractivity contribution in [1.29, 1.82) is 0 Å². The minimum absolute atomic E-state index is 0.00288. The van der Waals surface area contributed by atoms with Gasteiger partial charge in [0.1, 0.15) is 12.6 Å². The third kappa shape index (κ3) is 4.27. The van der Waals surface area contributed by atoms with Crippen molar-refractivity contribution in [2.75, 3.05) is 13.2 Å². The first-order chi connectivity index (χ1) is 16.5. The summed E-state index contributed by atoms with van der Waals surface area (Å²) in [7, 11) is 0. The van der Waals surface area contributed by atoms with Crippen molar-refractivity contribution < 1.29 is 24.2 Å². The zero-order valence-electron chi connectivity index (χ0n) is 19.1. The molecular formula is C27H30N2O5. The maximum atomic E-state index is 13.0. The Kier molecular flexibility index (Phi) is 6.26. The number of ether oxygens (including phenoxy) is 1. The van der Waals surface area contributed by atoms with Crippen molar-refractivity contribution in [3.8, 4) is 11.1 Å². The lowest BCUT2D eigenvalue weighted by Gasteiger charge is -2.34. The highest BCUT2D eigenvalue weighted by molar-refractivity contribution is 5.85. The lowest BCUT2D eigenvalue weighted by atomic mass is 9.98. The standard InChI is InChI=1S/C27H30N2O5/c30-25(29-14-6-5-11-24(29)26(31)32)17-12-13-18(15-17)28-27(33)34-16-23-21-9-3-1-7-19(21)20-8-2-4-10-22(20)23/h1-4,7-10,17-18,23-24H,5-6,11-16H2,(H,28,33)(H,31,32)/t17?,18?,24-/m1/s1. The predicted molar refractivity (Wildman–Crippen MR) is 126 cm³/mol. The van der Waals surface area contributed by atoms with Crippen LogP contribution in [0.3, 0.4) is 0 Å². The van der Waals surface area contributed by atoms with Crippen LogP contribution in [0, 0.1) is 5.92 Å². The fourth-order valence-electron chi connectivity index (χ4n) is 5.83. The van der Waals surface area contributed by atoms with Crippen molar-refractivity contribution >= 4 is 18.0 Å². The van der Waals surface area contributed by atoms with Gasteiger partial charge in [0.05, 0.1) is 0 Å². The van der Waals surface area contributed by atoms with Crippen molar-refractivity contribution in [2.45, 2.75) is 56.5 Å². The molecule has 0 spiro atoms. The summed E-state index contributed by atoms with van der Waals surface area (Å²) in [5, 5.41) is 12.4. The van der Waals surface area contributed by atoms with E-state index in [9.17, 15) is 19.5 Å². The summed E-state index contributed by atoms with van der Waals surface area (Å²) in [6.45, 7) is 0.750. The number of rotatable bonds is 5. The molecule has 7 heteroatoms. The molecule has 2 unspecified atom stereocenters. The normalized spacial score (nSPS) is 23.8. The number of hydrogen-bond donors (Lipinski definition) is 2. The number of benzene rings is 2. The molecule has 2 aliphatic carbocycles. The fourth-order valence-corrected chi connectivity index (χ4v) is 5.83. The summed E-state index contributed by atoms with van der Waals surface area (Å²) in [6.07, 6.45) is 3.56. The van der Waals surface area contributed by atoms with Gasteiger partial charge in [0.15, 0.2) is 0 Å². The van der Waals surface area contributed by atoms with Crippen LogP contribution in [0.2, 0.25) is 0 Å². The number of nitrogens with zero attached hydrogens (tertiary/aromatic N) is 1. The Bertz CT molecular complexity index is 1050. The van der Waals surface area contributed by atoms with E-state index in [1.165, 1.54) is 16.0 Å². The number of piperidine rings is 1. The average Bonchev–Trinajstić information content (AvgIpc) is 3.45. The van der Waals surface area contributed by atoms with Crippen LogP contribution in [-0.4, -0.2) is 53.2 Å². The Morgan fingerprint density at radius 3 is 2.29 bits per heavy atom. The van der Waals surface area contributed by atoms with Crippen molar-refractivity contribution in [3.05, 3.63) is 59.7 Å². The number of carbonyl (C=O) groups excluding carboxylic acids is 2. The lowest BCUT2D eigenvalue weighted by molar-refractivity contribution is -0.153. The second-order valence-electron chi connectivity index (χ2n) is 9.56. The molecule has 2 fully saturated rings. The van der Waals surface area contributed by atoms with Crippen molar-refractivity contribution in [3.63, 3.8) is 0 Å². The van der Waals surface area contributed by atoms with Gasteiger partial charge in [0, 0.05) is 24.4 Å². The van der Waals surface area contributed by atoms with Crippen LogP contribution in [0.25, 0.3) is 11.1 Å². The molecule has 1 aliphatic heterocycles. The van der Waals surface area contributed by atoms with E-state index in [-0.39, 0.29) is 30.4 Å². The maximum Gasteiger partial charge on any atom is 0.407 e. The maximum absolute atomic E-state index is 13.0.